The third kappa shape index (κ3) is 2.70. The predicted molar refractivity (Wildman–Crippen MR) is 50.5 cm³/mol. The fourth-order valence-electron chi connectivity index (χ4n) is 1.20. The second-order valence-corrected chi connectivity index (χ2v) is 3.15. The van der Waals surface area contributed by atoms with Crippen LogP contribution in [0.3, 0.4) is 0 Å². The molecule has 1 rings (SSSR count). The lowest BCUT2D eigenvalue weighted by Gasteiger charge is -2.09. The van der Waals surface area contributed by atoms with Crippen molar-refractivity contribution in [2.24, 2.45) is 11.7 Å². The molecule has 0 spiro atoms. The molecule has 0 radical (unpaired) electrons. The van der Waals surface area contributed by atoms with Crippen molar-refractivity contribution in [2.75, 3.05) is 6.54 Å². The Labute approximate surface area is 77.9 Å². The third-order valence-corrected chi connectivity index (χ3v) is 2.23. The Bertz CT molecular complexity index is 250. The fourth-order valence-corrected chi connectivity index (χ4v) is 1.20. The highest BCUT2D eigenvalue weighted by molar-refractivity contribution is 5.95. The van der Waals surface area contributed by atoms with Crippen LogP contribution in [0.25, 0.3) is 0 Å². The van der Waals surface area contributed by atoms with Gasteiger partial charge in [-0.05, 0) is 18.5 Å². The van der Waals surface area contributed by atoms with Crippen molar-refractivity contribution < 1.29 is 9.21 Å². The molecule has 72 valence electrons. The quantitative estimate of drug-likeness (QED) is 0.705. The number of carbonyl (C=O) groups is 1. The van der Waals surface area contributed by atoms with E-state index >= 15 is 0 Å². The minimum absolute atomic E-state index is 0.117. The van der Waals surface area contributed by atoms with E-state index in [0.717, 1.165) is 6.42 Å². The molecule has 2 N–H and O–H groups in total. The zero-order valence-corrected chi connectivity index (χ0v) is 7.82. The number of furan rings is 1. The van der Waals surface area contributed by atoms with Crippen LogP contribution in [0, 0.1) is 5.92 Å². The molecule has 0 aliphatic rings. The molecule has 0 bridgehead atoms. The summed E-state index contributed by atoms with van der Waals surface area (Å²) in [5, 5.41) is 0. The molecule has 1 heterocycles. The van der Waals surface area contributed by atoms with Gasteiger partial charge in [-0.15, -0.1) is 0 Å². The summed E-state index contributed by atoms with van der Waals surface area (Å²) in [6.07, 6.45) is 4.45. The first kappa shape index (κ1) is 9.99. The van der Waals surface area contributed by atoms with Crippen molar-refractivity contribution in [1.82, 2.24) is 0 Å². The highest BCUT2D eigenvalue weighted by Gasteiger charge is 2.12. The van der Waals surface area contributed by atoms with Gasteiger partial charge in [0, 0.05) is 6.42 Å². The van der Waals surface area contributed by atoms with Gasteiger partial charge in [-0.25, -0.2) is 0 Å². The molecule has 13 heavy (non-hydrogen) atoms. The first-order chi connectivity index (χ1) is 6.27. The van der Waals surface area contributed by atoms with Crippen LogP contribution in [0.4, 0.5) is 0 Å². The van der Waals surface area contributed by atoms with Gasteiger partial charge in [0.1, 0.15) is 6.26 Å². The Kier molecular flexibility index (Phi) is 3.71. The second-order valence-electron chi connectivity index (χ2n) is 3.15. The molecule has 3 heteroatoms. The van der Waals surface area contributed by atoms with Crippen molar-refractivity contribution >= 4 is 5.78 Å². The third-order valence-electron chi connectivity index (χ3n) is 2.23. The summed E-state index contributed by atoms with van der Waals surface area (Å²) in [4.78, 5) is 11.5. The SMILES string of the molecule is CCC(CN)CC(=O)c1ccoc1. The van der Waals surface area contributed by atoms with E-state index in [1.165, 1.54) is 12.5 Å². The average Bonchev–Trinajstić information content (AvgIpc) is 2.66. The topological polar surface area (TPSA) is 56.2 Å². The van der Waals surface area contributed by atoms with Crippen LogP contribution in [0.5, 0.6) is 0 Å². The van der Waals surface area contributed by atoms with E-state index in [1.807, 2.05) is 6.92 Å². The molecule has 3 nitrogen and oxygen atoms in total. The zero-order valence-electron chi connectivity index (χ0n) is 7.82. The summed E-state index contributed by atoms with van der Waals surface area (Å²) in [5.41, 5.74) is 6.15. The van der Waals surface area contributed by atoms with E-state index in [1.54, 1.807) is 6.07 Å². The van der Waals surface area contributed by atoms with Crippen molar-refractivity contribution in [3.8, 4) is 0 Å². The van der Waals surface area contributed by atoms with Gasteiger partial charge in [-0.3, -0.25) is 4.79 Å². The number of carbonyl (C=O) groups excluding carboxylic acids is 1. The number of hydrogen-bond acceptors (Lipinski definition) is 3. The smallest absolute Gasteiger partial charge is 0.166 e. The normalized spacial score (nSPS) is 12.8. The summed E-state index contributed by atoms with van der Waals surface area (Å²) >= 11 is 0. The molecule has 1 atom stereocenters. The largest absolute Gasteiger partial charge is 0.472 e. The summed E-state index contributed by atoms with van der Waals surface area (Å²) in [6, 6.07) is 1.69. The summed E-state index contributed by atoms with van der Waals surface area (Å²) in [7, 11) is 0. The molecule has 1 unspecified atom stereocenters. The zero-order chi connectivity index (χ0) is 9.68. The molecular formula is C10H15NO2. The maximum atomic E-state index is 11.5. The first-order valence-corrected chi connectivity index (χ1v) is 4.53. The first-order valence-electron chi connectivity index (χ1n) is 4.53. The van der Waals surface area contributed by atoms with Crippen LogP contribution in [-0.4, -0.2) is 12.3 Å². The van der Waals surface area contributed by atoms with Crippen LogP contribution < -0.4 is 5.73 Å². The molecule has 0 amide bonds. The lowest BCUT2D eigenvalue weighted by molar-refractivity contribution is 0.0961. The maximum absolute atomic E-state index is 11.5. The molecule has 0 aliphatic heterocycles. The molecule has 0 fully saturated rings. The lowest BCUT2D eigenvalue weighted by atomic mass is 9.97. The van der Waals surface area contributed by atoms with Gasteiger partial charge in [0.25, 0.3) is 0 Å². The van der Waals surface area contributed by atoms with Crippen molar-refractivity contribution in [2.45, 2.75) is 19.8 Å². The number of nitrogens with two attached hydrogens (primary N) is 1. The molecule has 0 aromatic carbocycles. The van der Waals surface area contributed by atoms with Gasteiger partial charge in [0.05, 0.1) is 11.8 Å². The molecular weight excluding hydrogens is 166 g/mol. The number of ketones is 1. The molecule has 1 aromatic rings. The van der Waals surface area contributed by atoms with Gasteiger partial charge >= 0.3 is 0 Å². The molecule has 1 aromatic heterocycles. The predicted octanol–water partition coefficient (Wildman–Crippen LogP) is 1.84. The summed E-state index contributed by atoms with van der Waals surface area (Å²) < 4.78 is 4.83. The van der Waals surface area contributed by atoms with E-state index < -0.39 is 0 Å². The van der Waals surface area contributed by atoms with E-state index in [2.05, 4.69) is 0 Å². The van der Waals surface area contributed by atoms with Gasteiger partial charge in [-0.1, -0.05) is 13.3 Å². The summed E-state index contributed by atoms with van der Waals surface area (Å²) in [6.45, 7) is 2.61. The minimum Gasteiger partial charge on any atom is -0.472 e. The number of Topliss-reactive ketones (excluding diaryl/α,β-unsaturated/α-hetero) is 1. The van der Waals surface area contributed by atoms with Gasteiger partial charge < -0.3 is 10.2 Å². The maximum Gasteiger partial charge on any atom is 0.166 e. The van der Waals surface area contributed by atoms with E-state index in [9.17, 15) is 4.79 Å². The Morgan fingerprint density at radius 1 is 1.69 bits per heavy atom. The molecule has 0 saturated heterocycles. The van der Waals surface area contributed by atoms with Gasteiger partial charge in [0.15, 0.2) is 5.78 Å². The fraction of sp³-hybridized carbons (Fsp3) is 0.500. The number of hydrogen-bond donors (Lipinski definition) is 1. The van der Waals surface area contributed by atoms with Crippen LogP contribution in [-0.2, 0) is 0 Å². The molecule has 0 saturated carbocycles. The molecule has 0 aliphatic carbocycles. The van der Waals surface area contributed by atoms with Crippen LogP contribution in [0.15, 0.2) is 23.0 Å². The monoisotopic (exact) mass is 181 g/mol. The standard InChI is InChI=1S/C10H15NO2/c1-2-8(6-11)5-10(12)9-3-4-13-7-9/h3-4,7-8H,2,5-6,11H2,1H3. The van der Waals surface area contributed by atoms with E-state index in [4.69, 9.17) is 10.2 Å². The Morgan fingerprint density at radius 2 is 2.46 bits per heavy atom. The van der Waals surface area contributed by atoms with Gasteiger partial charge in [0.2, 0.25) is 0 Å². The number of rotatable bonds is 5. The highest BCUT2D eigenvalue weighted by Crippen LogP contribution is 2.12. The van der Waals surface area contributed by atoms with Crippen LogP contribution >= 0.6 is 0 Å². The second kappa shape index (κ2) is 4.82. The lowest BCUT2D eigenvalue weighted by Crippen LogP contribution is -2.17. The van der Waals surface area contributed by atoms with E-state index in [-0.39, 0.29) is 5.78 Å². The van der Waals surface area contributed by atoms with E-state index in [0.29, 0.717) is 24.4 Å². The van der Waals surface area contributed by atoms with Gasteiger partial charge in [-0.2, -0.15) is 0 Å². The Morgan fingerprint density at radius 3 is 2.92 bits per heavy atom. The summed E-state index contributed by atoms with van der Waals surface area (Å²) in [5.74, 6) is 0.411. The Hall–Kier alpha value is -1.09. The van der Waals surface area contributed by atoms with Crippen LogP contribution in [0.2, 0.25) is 0 Å². The van der Waals surface area contributed by atoms with Crippen molar-refractivity contribution in [1.29, 1.82) is 0 Å². The van der Waals surface area contributed by atoms with Crippen LogP contribution in [0.1, 0.15) is 30.1 Å². The highest BCUT2D eigenvalue weighted by atomic mass is 16.3. The average molecular weight is 181 g/mol. The van der Waals surface area contributed by atoms with Crippen molar-refractivity contribution in [3.63, 3.8) is 0 Å². The van der Waals surface area contributed by atoms with Crippen molar-refractivity contribution in [3.05, 3.63) is 24.2 Å². The Balaban J connectivity index is 2.50. The minimum atomic E-state index is 0.117.